The minimum absolute atomic E-state index is 0.171. The number of tetrazole rings is 1. The van der Waals surface area contributed by atoms with E-state index in [9.17, 15) is 0 Å². The molecule has 1 unspecified atom stereocenters. The van der Waals surface area contributed by atoms with Crippen molar-refractivity contribution in [3.8, 4) is 22.9 Å². The molecule has 0 fully saturated rings. The normalized spacial score (nSPS) is 15.7. The predicted molar refractivity (Wildman–Crippen MR) is 132 cm³/mol. The summed E-state index contributed by atoms with van der Waals surface area (Å²) in [7, 11) is 3.38. The molecule has 1 atom stereocenters. The van der Waals surface area contributed by atoms with Crippen LogP contribution >= 0.6 is 23.2 Å². The molecule has 0 amide bonds. The fourth-order valence-electron chi connectivity index (χ4n) is 4.70. The molecule has 0 radical (unpaired) electrons. The van der Waals surface area contributed by atoms with E-state index in [0.717, 1.165) is 52.3 Å². The van der Waals surface area contributed by atoms with Gasteiger partial charge in [-0.3, -0.25) is 4.90 Å². The number of nitrogens with one attached hydrogen (secondary N) is 1. The Hall–Kier alpha value is -3.13. The summed E-state index contributed by atoms with van der Waals surface area (Å²) in [5.74, 6) is 2.27. The Morgan fingerprint density at radius 1 is 1.03 bits per heavy atom. The quantitative estimate of drug-likeness (QED) is 0.389. The van der Waals surface area contributed by atoms with E-state index in [2.05, 4.69) is 37.7 Å². The molecule has 5 rings (SSSR count). The molecule has 9 heteroatoms. The first kappa shape index (κ1) is 22.7. The standard InChI is InChI=1S/C25H23Cl2N5O2/c1-33-20-9-10-21(34-2)22-17(20)11-12-32(24(22)18-7-4-8-19(26)23(18)27)14-15-5-3-6-16(13-15)25-28-30-31-29-25/h3-10,13,24H,11-12,14H2,1-2H3,(H,28,29,30,31). The molecule has 0 spiro atoms. The Morgan fingerprint density at radius 3 is 2.59 bits per heavy atom. The number of rotatable bonds is 6. The van der Waals surface area contributed by atoms with Gasteiger partial charge in [-0.05, 0) is 52.2 Å². The number of hydrogen-bond acceptors (Lipinski definition) is 6. The van der Waals surface area contributed by atoms with Gasteiger partial charge < -0.3 is 9.47 Å². The van der Waals surface area contributed by atoms with Gasteiger partial charge in [0, 0.05) is 29.8 Å². The topological polar surface area (TPSA) is 76.2 Å². The zero-order valence-electron chi connectivity index (χ0n) is 18.8. The third-order valence-electron chi connectivity index (χ3n) is 6.21. The molecule has 1 aromatic heterocycles. The molecule has 174 valence electrons. The number of hydrogen-bond donors (Lipinski definition) is 1. The summed E-state index contributed by atoms with van der Waals surface area (Å²) in [6, 6.07) is 17.7. The molecule has 0 saturated carbocycles. The van der Waals surface area contributed by atoms with Gasteiger partial charge in [-0.15, -0.1) is 5.10 Å². The number of halogens is 2. The first-order chi connectivity index (χ1) is 16.6. The smallest absolute Gasteiger partial charge is 0.179 e. The molecule has 0 bridgehead atoms. The van der Waals surface area contributed by atoms with Gasteiger partial charge in [0.15, 0.2) is 5.82 Å². The lowest BCUT2D eigenvalue weighted by atomic mass is 9.86. The zero-order chi connectivity index (χ0) is 23.7. The molecule has 34 heavy (non-hydrogen) atoms. The van der Waals surface area contributed by atoms with Crippen molar-refractivity contribution in [2.75, 3.05) is 20.8 Å². The lowest BCUT2D eigenvalue weighted by molar-refractivity contribution is 0.198. The molecule has 3 aromatic carbocycles. The van der Waals surface area contributed by atoms with Gasteiger partial charge in [-0.25, -0.2) is 5.10 Å². The van der Waals surface area contributed by atoms with Crippen LogP contribution in [0.5, 0.6) is 11.5 Å². The molecular weight excluding hydrogens is 473 g/mol. The van der Waals surface area contributed by atoms with Crippen molar-refractivity contribution in [2.24, 2.45) is 0 Å². The van der Waals surface area contributed by atoms with Crippen LogP contribution in [0.3, 0.4) is 0 Å². The second kappa shape index (κ2) is 9.62. The molecule has 1 aliphatic rings. The van der Waals surface area contributed by atoms with Crippen LogP contribution in [0.4, 0.5) is 0 Å². The SMILES string of the molecule is COc1ccc(OC)c2c1CCN(Cc1cccc(-c3nnn[nH]3)c1)C2c1cccc(Cl)c1Cl. The van der Waals surface area contributed by atoms with Crippen LogP contribution in [0.2, 0.25) is 10.0 Å². The van der Waals surface area contributed by atoms with E-state index in [1.54, 1.807) is 20.3 Å². The Labute approximate surface area is 207 Å². The number of H-pyrrole nitrogens is 1. The first-order valence-corrected chi connectivity index (χ1v) is 11.6. The predicted octanol–water partition coefficient (Wildman–Crippen LogP) is 5.34. The van der Waals surface area contributed by atoms with Crippen LogP contribution < -0.4 is 9.47 Å². The second-order valence-electron chi connectivity index (χ2n) is 8.08. The minimum Gasteiger partial charge on any atom is -0.496 e. The Kier molecular flexibility index (Phi) is 6.41. The highest BCUT2D eigenvalue weighted by Gasteiger charge is 2.35. The fraction of sp³-hybridized carbons (Fsp3) is 0.240. The highest BCUT2D eigenvalue weighted by atomic mass is 35.5. The van der Waals surface area contributed by atoms with E-state index >= 15 is 0 Å². The van der Waals surface area contributed by atoms with Crippen LogP contribution in [-0.2, 0) is 13.0 Å². The summed E-state index contributed by atoms with van der Waals surface area (Å²) < 4.78 is 11.5. The number of benzene rings is 3. The number of methoxy groups -OCH3 is 2. The molecular formula is C25H23Cl2N5O2. The van der Waals surface area contributed by atoms with Crippen LogP contribution in [-0.4, -0.2) is 46.3 Å². The third-order valence-corrected chi connectivity index (χ3v) is 7.04. The van der Waals surface area contributed by atoms with E-state index in [1.165, 1.54) is 0 Å². The van der Waals surface area contributed by atoms with Crippen LogP contribution in [0, 0.1) is 0 Å². The Bertz CT molecular complexity index is 1310. The van der Waals surface area contributed by atoms with E-state index in [1.807, 2.05) is 36.4 Å². The summed E-state index contributed by atoms with van der Waals surface area (Å²) in [5.41, 5.74) is 5.16. The summed E-state index contributed by atoms with van der Waals surface area (Å²) in [5, 5.41) is 15.3. The number of aromatic nitrogens is 4. The average Bonchev–Trinajstić information content (AvgIpc) is 3.40. The van der Waals surface area contributed by atoms with Gasteiger partial charge in [0.1, 0.15) is 11.5 Å². The summed E-state index contributed by atoms with van der Waals surface area (Å²) in [4.78, 5) is 2.39. The van der Waals surface area contributed by atoms with Gasteiger partial charge in [0.25, 0.3) is 0 Å². The Balaban J connectivity index is 1.62. The number of fused-ring (bicyclic) bond motifs is 1. The zero-order valence-corrected chi connectivity index (χ0v) is 20.3. The number of ether oxygens (including phenoxy) is 2. The van der Waals surface area contributed by atoms with Crippen molar-refractivity contribution in [1.29, 1.82) is 0 Å². The van der Waals surface area contributed by atoms with Crippen LogP contribution in [0.1, 0.15) is 28.3 Å². The van der Waals surface area contributed by atoms with Gasteiger partial charge >= 0.3 is 0 Å². The van der Waals surface area contributed by atoms with Gasteiger partial charge in [0.2, 0.25) is 0 Å². The van der Waals surface area contributed by atoms with E-state index in [-0.39, 0.29) is 6.04 Å². The summed E-state index contributed by atoms with van der Waals surface area (Å²) in [6.45, 7) is 1.49. The van der Waals surface area contributed by atoms with Gasteiger partial charge in [-0.1, -0.05) is 53.5 Å². The van der Waals surface area contributed by atoms with E-state index in [4.69, 9.17) is 32.7 Å². The lowest BCUT2D eigenvalue weighted by Crippen LogP contribution is -2.36. The highest BCUT2D eigenvalue weighted by Crippen LogP contribution is 2.47. The molecule has 1 aliphatic heterocycles. The maximum absolute atomic E-state index is 6.77. The highest BCUT2D eigenvalue weighted by molar-refractivity contribution is 6.42. The minimum atomic E-state index is -0.171. The van der Waals surface area contributed by atoms with Crippen molar-refractivity contribution in [3.63, 3.8) is 0 Å². The molecule has 7 nitrogen and oxygen atoms in total. The fourth-order valence-corrected chi connectivity index (χ4v) is 5.12. The largest absolute Gasteiger partial charge is 0.496 e. The summed E-state index contributed by atoms with van der Waals surface area (Å²) in [6.07, 6.45) is 0.816. The Morgan fingerprint density at radius 2 is 1.82 bits per heavy atom. The van der Waals surface area contributed by atoms with Crippen molar-refractivity contribution >= 4 is 23.2 Å². The molecule has 1 N–H and O–H groups in total. The van der Waals surface area contributed by atoms with Crippen LogP contribution in [0.25, 0.3) is 11.4 Å². The first-order valence-electron chi connectivity index (χ1n) is 10.9. The van der Waals surface area contributed by atoms with Crippen molar-refractivity contribution in [3.05, 3.63) is 86.9 Å². The van der Waals surface area contributed by atoms with Gasteiger partial charge in [-0.2, -0.15) is 0 Å². The lowest BCUT2D eigenvalue weighted by Gasteiger charge is -2.39. The molecule has 0 saturated heterocycles. The van der Waals surface area contributed by atoms with Crippen molar-refractivity contribution < 1.29 is 9.47 Å². The maximum atomic E-state index is 6.77. The number of aromatic amines is 1. The average molecular weight is 496 g/mol. The molecule has 4 aromatic rings. The number of nitrogens with zero attached hydrogens (tertiary/aromatic N) is 4. The third kappa shape index (κ3) is 4.11. The molecule has 0 aliphatic carbocycles. The van der Waals surface area contributed by atoms with Crippen LogP contribution in [0.15, 0.2) is 54.6 Å². The van der Waals surface area contributed by atoms with Gasteiger partial charge in [0.05, 0.1) is 30.3 Å². The summed E-state index contributed by atoms with van der Waals surface area (Å²) >= 11 is 13.2. The van der Waals surface area contributed by atoms with E-state index < -0.39 is 0 Å². The van der Waals surface area contributed by atoms with Crippen molar-refractivity contribution in [2.45, 2.75) is 19.0 Å². The van der Waals surface area contributed by atoms with E-state index in [0.29, 0.717) is 22.4 Å². The monoisotopic (exact) mass is 495 g/mol. The second-order valence-corrected chi connectivity index (χ2v) is 8.86. The molecule has 2 heterocycles. The van der Waals surface area contributed by atoms with Crippen molar-refractivity contribution in [1.82, 2.24) is 25.5 Å². The maximum Gasteiger partial charge on any atom is 0.179 e.